The first-order valence-electron chi connectivity index (χ1n) is 9.90. The number of benzene rings is 2. The SMILES string of the molecule is O=C(c1csc(-c2cnn(-c3ccccc3)c2)n1)N1CCOC(c2ccc(Cl)cc2)C1. The van der Waals surface area contributed by atoms with Crippen LogP contribution in [0.1, 0.15) is 22.2 Å². The number of morpholine rings is 1. The zero-order chi connectivity index (χ0) is 21.2. The van der Waals surface area contributed by atoms with Crippen molar-refractivity contribution >= 4 is 28.8 Å². The van der Waals surface area contributed by atoms with Crippen molar-refractivity contribution < 1.29 is 9.53 Å². The standard InChI is InChI=1S/C23H19ClN4O2S/c24-18-8-6-16(7-9-18)21-14-27(10-11-30-21)23(29)20-15-31-22(26-20)17-12-25-28(13-17)19-4-2-1-3-5-19/h1-9,12-13,15,21H,10-11,14H2. The van der Waals surface area contributed by atoms with Gasteiger partial charge in [0.25, 0.3) is 5.91 Å². The topological polar surface area (TPSA) is 60.2 Å². The van der Waals surface area contributed by atoms with Crippen molar-refractivity contribution in [2.45, 2.75) is 6.10 Å². The van der Waals surface area contributed by atoms with E-state index in [4.69, 9.17) is 16.3 Å². The largest absolute Gasteiger partial charge is 0.370 e. The van der Waals surface area contributed by atoms with Gasteiger partial charge in [-0.3, -0.25) is 4.79 Å². The van der Waals surface area contributed by atoms with Crippen molar-refractivity contribution in [2.75, 3.05) is 19.7 Å². The lowest BCUT2D eigenvalue weighted by Gasteiger charge is -2.32. The van der Waals surface area contributed by atoms with Gasteiger partial charge in [0.1, 0.15) is 16.8 Å². The molecule has 0 bridgehead atoms. The fourth-order valence-corrected chi connectivity index (χ4v) is 4.43. The number of hydrogen-bond acceptors (Lipinski definition) is 5. The van der Waals surface area contributed by atoms with Gasteiger partial charge in [0.2, 0.25) is 0 Å². The molecule has 0 saturated carbocycles. The summed E-state index contributed by atoms with van der Waals surface area (Å²) in [6.45, 7) is 1.51. The van der Waals surface area contributed by atoms with Crippen molar-refractivity contribution in [3.05, 3.63) is 88.7 Å². The lowest BCUT2D eigenvalue weighted by molar-refractivity contribution is -0.0229. The van der Waals surface area contributed by atoms with Crippen LogP contribution in [0.15, 0.2) is 72.4 Å². The molecule has 31 heavy (non-hydrogen) atoms. The van der Waals surface area contributed by atoms with E-state index in [1.165, 1.54) is 11.3 Å². The number of rotatable bonds is 4. The highest BCUT2D eigenvalue weighted by molar-refractivity contribution is 7.13. The maximum Gasteiger partial charge on any atom is 0.273 e. The molecule has 3 heterocycles. The molecule has 1 aliphatic rings. The summed E-state index contributed by atoms with van der Waals surface area (Å²) in [5.74, 6) is -0.0831. The smallest absolute Gasteiger partial charge is 0.273 e. The molecule has 0 N–H and O–H groups in total. The quantitative estimate of drug-likeness (QED) is 0.445. The van der Waals surface area contributed by atoms with Crippen LogP contribution in [0.4, 0.5) is 0 Å². The molecule has 0 spiro atoms. The lowest BCUT2D eigenvalue weighted by Crippen LogP contribution is -2.42. The van der Waals surface area contributed by atoms with Gasteiger partial charge in [0.15, 0.2) is 0 Å². The highest BCUT2D eigenvalue weighted by Crippen LogP contribution is 2.27. The highest BCUT2D eigenvalue weighted by atomic mass is 35.5. The number of thiazole rings is 1. The molecule has 1 atom stereocenters. The Labute approximate surface area is 188 Å². The number of para-hydroxylation sites is 1. The molecular formula is C23H19ClN4O2S. The Kier molecular flexibility index (Phi) is 5.55. The summed E-state index contributed by atoms with van der Waals surface area (Å²) >= 11 is 7.42. The van der Waals surface area contributed by atoms with Gasteiger partial charge >= 0.3 is 0 Å². The molecule has 0 aliphatic carbocycles. The molecule has 1 aliphatic heterocycles. The Bertz CT molecular complexity index is 1190. The van der Waals surface area contributed by atoms with Gasteiger partial charge in [0.05, 0.1) is 25.0 Å². The molecule has 6 nitrogen and oxygen atoms in total. The minimum atomic E-state index is -0.169. The van der Waals surface area contributed by atoms with Crippen LogP contribution in [-0.4, -0.2) is 45.3 Å². The van der Waals surface area contributed by atoms with E-state index in [1.807, 2.05) is 66.2 Å². The monoisotopic (exact) mass is 450 g/mol. The second-order valence-corrected chi connectivity index (χ2v) is 8.50. The predicted molar refractivity (Wildman–Crippen MR) is 121 cm³/mol. The van der Waals surface area contributed by atoms with Gasteiger partial charge in [-0.15, -0.1) is 11.3 Å². The van der Waals surface area contributed by atoms with Crippen molar-refractivity contribution in [1.29, 1.82) is 0 Å². The maximum absolute atomic E-state index is 13.1. The van der Waals surface area contributed by atoms with E-state index in [9.17, 15) is 4.79 Å². The van der Waals surface area contributed by atoms with Gasteiger partial charge < -0.3 is 9.64 Å². The molecule has 2 aromatic carbocycles. The molecule has 5 rings (SSSR count). The Morgan fingerprint density at radius 2 is 1.94 bits per heavy atom. The van der Waals surface area contributed by atoms with Crippen LogP contribution in [0.25, 0.3) is 16.3 Å². The third kappa shape index (κ3) is 4.25. The normalized spacial score (nSPS) is 16.4. The van der Waals surface area contributed by atoms with E-state index in [-0.39, 0.29) is 12.0 Å². The van der Waals surface area contributed by atoms with Gasteiger partial charge in [0, 0.05) is 28.7 Å². The first-order chi connectivity index (χ1) is 15.2. The minimum absolute atomic E-state index is 0.0831. The van der Waals surface area contributed by atoms with E-state index >= 15 is 0 Å². The number of halogens is 1. The molecule has 0 radical (unpaired) electrons. The van der Waals surface area contributed by atoms with E-state index in [2.05, 4.69) is 10.1 Å². The van der Waals surface area contributed by atoms with Gasteiger partial charge in [-0.2, -0.15) is 5.10 Å². The minimum Gasteiger partial charge on any atom is -0.370 e. The molecule has 2 aromatic heterocycles. The van der Waals surface area contributed by atoms with Crippen molar-refractivity contribution in [3.63, 3.8) is 0 Å². The van der Waals surface area contributed by atoms with Crippen LogP contribution < -0.4 is 0 Å². The van der Waals surface area contributed by atoms with E-state index in [1.54, 1.807) is 15.8 Å². The average Bonchev–Trinajstić information content (AvgIpc) is 3.50. The predicted octanol–water partition coefficient (Wildman–Crippen LogP) is 4.86. The lowest BCUT2D eigenvalue weighted by atomic mass is 10.1. The molecule has 1 unspecified atom stereocenters. The van der Waals surface area contributed by atoms with E-state index in [0.29, 0.717) is 30.4 Å². The zero-order valence-corrected chi connectivity index (χ0v) is 18.1. The Hall–Kier alpha value is -3.00. The summed E-state index contributed by atoms with van der Waals surface area (Å²) in [5.41, 5.74) is 3.32. The molecule has 156 valence electrons. The Morgan fingerprint density at radius 1 is 1.13 bits per heavy atom. The second-order valence-electron chi connectivity index (χ2n) is 7.21. The van der Waals surface area contributed by atoms with Gasteiger partial charge in [-0.1, -0.05) is 41.9 Å². The fourth-order valence-electron chi connectivity index (χ4n) is 3.53. The molecule has 1 fully saturated rings. The Balaban J connectivity index is 1.31. The summed E-state index contributed by atoms with van der Waals surface area (Å²) < 4.78 is 7.68. The van der Waals surface area contributed by atoms with E-state index < -0.39 is 0 Å². The maximum atomic E-state index is 13.1. The van der Waals surface area contributed by atoms with Gasteiger partial charge in [-0.05, 0) is 29.8 Å². The number of ether oxygens (including phenoxy) is 1. The second kappa shape index (κ2) is 8.63. The third-order valence-corrected chi connectivity index (χ3v) is 6.31. The molecule has 1 amide bonds. The number of carbonyl (C=O) groups excluding carboxylic acids is 1. The first-order valence-corrected chi connectivity index (χ1v) is 11.2. The summed E-state index contributed by atoms with van der Waals surface area (Å²) in [7, 11) is 0. The first kappa shape index (κ1) is 19.9. The van der Waals surface area contributed by atoms with Crippen LogP contribution in [0.3, 0.4) is 0 Å². The van der Waals surface area contributed by atoms with Crippen molar-refractivity contribution in [1.82, 2.24) is 19.7 Å². The molecular weight excluding hydrogens is 432 g/mol. The van der Waals surface area contributed by atoms with Gasteiger partial charge in [-0.25, -0.2) is 9.67 Å². The summed E-state index contributed by atoms with van der Waals surface area (Å²) in [6.07, 6.45) is 3.52. The number of nitrogens with zero attached hydrogens (tertiary/aromatic N) is 4. The number of amides is 1. The van der Waals surface area contributed by atoms with Crippen LogP contribution in [0.5, 0.6) is 0 Å². The van der Waals surface area contributed by atoms with Crippen molar-refractivity contribution in [3.8, 4) is 16.3 Å². The van der Waals surface area contributed by atoms with Crippen LogP contribution >= 0.6 is 22.9 Å². The van der Waals surface area contributed by atoms with E-state index in [0.717, 1.165) is 21.8 Å². The van der Waals surface area contributed by atoms with Crippen LogP contribution in [0.2, 0.25) is 5.02 Å². The number of hydrogen-bond donors (Lipinski definition) is 0. The highest BCUT2D eigenvalue weighted by Gasteiger charge is 2.27. The van der Waals surface area contributed by atoms with Crippen molar-refractivity contribution in [2.24, 2.45) is 0 Å². The summed E-state index contributed by atoms with van der Waals surface area (Å²) in [6, 6.07) is 17.4. The Morgan fingerprint density at radius 3 is 2.74 bits per heavy atom. The number of carbonyl (C=O) groups is 1. The van der Waals surface area contributed by atoms with Crippen LogP contribution in [0, 0.1) is 0 Å². The van der Waals surface area contributed by atoms with Crippen LogP contribution in [-0.2, 0) is 4.74 Å². The third-order valence-electron chi connectivity index (χ3n) is 5.17. The number of aromatic nitrogens is 3. The zero-order valence-electron chi connectivity index (χ0n) is 16.5. The average molecular weight is 451 g/mol. The molecule has 8 heteroatoms. The summed E-state index contributed by atoms with van der Waals surface area (Å²) in [4.78, 5) is 19.5. The molecule has 1 saturated heterocycles. The fraction of sp³-hybridized carbons (Fsp3) is 0.174. The molecule has 4 aromatic rings. The summed E-state index contributed by atoms with van der Waals surface area (Å²) in [5, 5.41) is 7.68.